The Morgan fingerprint density at radius 3 is 2.10 bits per heavy atom. The van der Waals surface area contributed by atoms with Crippen molar-refractivity contribution in [2.45, 2.75) is 0 Å². The van der Waals surface area contributed by atoms with Crippen LogP contribution in [0.1, 0.15) is 0 Å². The molecule has 0 atom stereocenters. The first-order valence-electron chi connectivity index (χ1n) is 7.28. The Morgan fingerprint density at radius 2 is 1.35 bits per heavy atom. The highest BCUT2D eigenvalue weighted by atomic mass is 15.2. The number of rotatable bonds is 1. The summed E-state index contributed by atoms with van der Waals surface area (Å²) in [5.74, 6) is 0. The second kappa shape index (κ2) is 4.80. The lowest BCUT2D eigenvalue weighted by Gasteiger charge is -2.29. The van der Waals surface area contributed by atoms with Gasteiger partial charge in [-0.25, -0.2) is 0 Å². The molecule has 0 spiro atoms. The summed E-state index contributed by atoms with van der Waals surface area (Å²) in [5.41, 5.74) is 1.34. The summed E-state index contributed by atoms with van der Waals surface area (Å²) in [6.45, 7) is 4.35. The van der Waals surface area contributed by atoms with Gasteiger partial charge in [-0.3, -0.25) is 0 Å². The Balaban J connectivity index is 1.83. The van der Waals surface area contributed by atoms with Crippen LogP contribution in [-0.4, -0.2) is 26.2 Å². The second-order valence-corrected chi connectivity index (χ2v) is 5.47. The van der Waals surface area contributed by atoms with Gasteiger partial charge in [0.15, 0.2) is 0 Å². The maximum Gasteiger partial charge on any atom is 0.0373 e. The van der Waals surface area contributed by atoms with Crippen LogP contribution in [0.3, 0.4) is 0 Å². The van der Waals surface area contributed by atoms with Crippen LogP contribution in [0.15, 0.2) is 54.6 Å². The van der Waals surface area contributed by atoms with Gasteiger partial charge >= 0.3 is 0 Å². The molecular formula is C18H18N2. The molecule has 1 fully saturated rings. The number of nitrogens with zero attached hydrogens (tertiary/aromatic N) is 1. The van der Waals surface area contributed by atoms with Gasteiger partial charge in [0.2, 0.25) is 0 Å². The zero-order valence-corrected chi connectivity index (χ0v) is 11.5. The first-order valence-corrected chi connectivity index (χ1v) is 7.28. The molecule has 0 bridgehead atoms. The van der Waals surface area contributed by atoms with Crippen molar-refractivity contribution in [2.75, 3.05) is 31.1 Å². The normalized spacial score (nSPS) is 15.9. The Kier molecular flexibility index (Phi) is 2.82. The van der Waals surface area contributed by atoms with Gasteiger partial charge in [-0.2, -0.15) is 0 Å². The quantitative estimate of drug-likeness (QED) is 0.676. The molecule has 1 saturated heterocycles. The van der Waals surface area contributed by atoms with E-state index in [0.717, 1.165) is 26.2 Å². The molecule has 3 aromatic rings. The topological polar surface area (TPSA) is 15.3 Å². The fourth-order valence-corrected chi connectivity index (χ4v) is 3.05. The van der Waals surface area contributed by atoms with Gasteiger partial charge in [-0.1, -0.05) is 30.3 Å². The Labute approximate surface area is 119 Å². The summed E-state index contributed by atoms with van der Waals surface area (Å²) >= 11 is 0. The molecule has 0 aliphatic carbocycles. The maximum atomic E-state index is 3.40. The van der Waals surface area contributed by atoms with Gasteiger partial charge in [-0.05, 0) is 45.8 Å². The zero-order chi connectivity index (χ0) is 13.4. The van der Waals surface area contributed by atoms with Crippen LogP contribution in [0, 0.1) is 0 Å². The number of anilines is 1. The van der Waals surface area contributed by atoms with E-state index in [2.05, 4.69) is 64.8 Å². The highest BCUT2D eigenvalue weighted by Gasteiger charge is 2.10. The molecule has 0 unspecified atom stereocenters. The van der Waals surface area contributed by atoms with E-state index in [1.807, 2.05) is 0 Å². The van der Waals surface area contributed by atoms with E-state index < -0.39 is 0 Å². The van der Waals surface area contributed by atoms with Crippen LogP contribution >= 0.6 is 0 Å². The molecule has 2 heteroatoms. The molecule has 4 rings (SSSR count). The van der Waals surface area contributed by atoms with Crippen molar-refractivity contribution in [1.29, 1.82) is 0 Å². The lowest BCUT2D eigenvalue weighted by Crippen LogP contribution is -2.43. The van der Waals surface area contributed by atoms with Crippen molar-refractivity contribution in [3.8, 4) is 0 Å². The fraction of sp³-hybridized carbons (Fsp3) is 0.222. The molecule has 2 nitrogen and oxygen atoms in total. The van der Waals surface area contributed by atoms with E-state index in [1.165, 1.54) is 27.2 Å². The number of fused-ring (bicyclic) bond motifs is 2. The molecule has 3 aromatic carbocycles. The standard InChI is InChI=1S/C18H18N2/c1-2-4-15-12-17-13-18(20-9-7-19-8-10-20)6-5-16(17)11-14(15)3-1/h1-6,11-13,19H,7-10H2. The molecule has 1 heterocycles. The van der Waals surface area contributed by atoms with Gasteiger partial charge in [0.05, 0.1) is 0 Å². The van der Waals surface area contributed by atoms with Crippen LogP contribution in [0.5, 0.6) is 0 Å². The summed E-state index contributed by atoms with van der Waals surface area (Å²) in [5, 5.41) is 8.69. The Morgan fingerprint density at radius 1 is 0.700 bits per heavy atom. The lowest BCUT2D eigenvalue weighted by atomic mass is 10.0. The van der Waals surface area contributed by atoms with Gasteiger partial charge in [0, 0.05) is 31.9 Å². The van der Waals surface area contributed by atoms with Crippen LogP contribution in [0.25, 0.3) is 21.5 Å². The summed E-state index contributed by atoms with van der Waals surface area (Å²) in [7, 11) is 0. The van der Waals surface area contributed by atoms with Crippen molar-refractivity contribution in [1.82, 2.24) is 5.32 Å². The molecule has 0 radical (unpaired) electrons. The van der Waals surface area contributed by atoms with Crippen molar-refractivity contribution < 1.29 is 0 Å². The van der Waals surface area contributed by atoms with E-state index in [9.17, 15) is 0 Å². The summed E-state index contributed by atoms with van der Waals surface area (Å²) in [6, 6.07) is 20.0. The average Bonchev–Trinajstić information content (AvgIpc) is 2.53. The summed E-state index contributed by atoms with van der Waals surface area (Å²) in [4.78, 5) is 2.46. The van der Waals surface area contributed by atoms with Crippen molar-refractivity contribution in [2.24, 2.45) is 0 Å². The van der Waals surface area contributed by atoms with Gasteiger partial charge in [0.25, 0.3) is 0 Å². The van der Waals surface area contributed by atoms with Crippen molar-refractivity contribution >= 4 is 27.2 Å². The molecular weight excluding hydrogens is 244 g/mol. The van der Waals surface area contributed by atoms with Gasteiger partial charge in [-0.15, -0.1) is 0 Å². The van der Waals surface area contributed by atoms with Crippen LogP contribution in [0.4, 0.5) is 5.69 Å². The first-order chi connectivity index (χ1) is 9.90. The largest absolute Gasteiger partial charge is 0.369 e. The van der Waals surface area contributed by atoms with E-state index in [-0.39, 0.29) is 0 Å². The number of piperazine rings is 1. The lowest BCUT2D eigenvalue weighted by molar-refractivity contribution is 0.589. The number of hydrogen-bond acceptors (Lipinski definition) is 2. The van der Waals surface area contributed by atoms with Gasteiger partial charge in [0.1, 0.15) is 0 Å². The first kappa shape index (κ1) is 11.7. The molecule has 0 saturated carbocycles. The second-order valence-electron chi connectivity index (χ2n) is 5.47. The van der Waals surface area contributed by atoms with Crippen molar-refractivity contribution in [3.63, 3.8) is 0 Å². The highest BCUT2D eigenvalue weighted by molar-refractivity contribution is 5.99. The predicted octanol–water partition coefficient (Wildman–Crippen LogP) is 3.40. The third-order valence-corrected chi connectivity index (χ3v) is 4.17. The molecule has 20 heavy (non-hydrogen) atoms. The number of benzene rings is 3. The molecule has 0 aromatic heterocycles. The van der Waals surface area contributed by atoms with Crippen LogP contribution in [-0.2, 0) is 0 Å². The maximum absolute atomic E-state index is 3.40. The van der Waals surface area contributed by atoms with E-state index in [4.69, 9.17) is 0 Å². The Bertz CT molecular complexity index is 758. The van der Waals surface area contributed by atoms with Crippen molar-refractivity contribution in [3.05, 3.63) is 54.6 Å². The van der Waals surface area contributed by atoms with E-state index >= 15 is 0 Å². The minimum atomic E-state index is 1.08. The average molecular weight is 262 g/mol. The van der Waals surface area contributed by atoms with Gasteiger partial charge < -0.3 is 10.2 Å². The SMILES string of the molecule is c1ccc2cc3cc(N4CCNCC4)ccc3cc2c1. The number of nitrogens with one attached hydrogen (secondary N) is 1. The van der Waals surface area contributed by atoms with E-state index in [0.29, 0.717) is 0 Å². The Hall–Kier alpha value is -2.06. The summed E-state index contributed by atoms with van der Waals surface area (Å²) < 4.78 is 0. The predicted molar refractivity (Wildman–Crippen MR) is 86.5 cm³/mol. The summed E-state index contributed by atoms with van der Waals surface area (Å²) in [6.07, 6.45) is 0. The molecule has 1 aliphatic rings. The zero-order valence-electron chi connectivity index (χ0n) is 11.5. The smallest absolute Gasteiger partial charge is 0.0373 e. The number of hydrogen-bond donors (Lipinski definition) is 1. The molecule has 100 valence electrons. The minimum Gasteiger partial charge on any atom is -0.369 e. The van der Waals surface area contributed by atoms with Crippen LogP contribution in [0.2, 0.25) is 0 Å². The highest BCUT2D eigenvalue weighted by Crippen LogP contribution is 2.27. The monoisotopic (exact) mass is 262 g/mol. The van der Waals surface area contributed by atoms with Crippen LogP contribution < -0.4 is 10.2 Å². The molecule has 1 N–H and O–H groups in total. The fourth-order valence-electron chi connectivity index (χ4n) is 3.05. The molecule has 0 amide bonds. The van der Waals surface area contributed by atoms with E-state index in [1.54, 1.807) is 0 Å². The third kappa shape index (κ3) is 2.02. The third-order valence-electron chi connectivity index (χ3n) is 4.17. The molecule has 1 aliphatic heterocycles. The minimum absolute atomic E-state index is 1.08.